The molecule has 120 valence electrons. The van der Waals surface area contributed by atoms with Crippen LogP contribution in [0.25, 0.3) is 10.8 Å². The zero-order valence-electron chi connectivity index (χ0n) is 13.3. The first-order valence-electron chi connectivity index (χ1n) is 8.00. The molecular formula is C19H17N3O2. The maximum absolute atomic E-state index is 12.8. The molecule has 4 rings (SSSR count). The molecule has 1 heterocycles. The topological polar surface area (TPSA) is 64.0 Å². The second-order valence-electron chi connectivity index (χ2n) is 6.09. The monoisotopic (exact) mass is 319 g/mol. The Morgan fingerprint density at radius 3 is 2.67 bits per heavy atom. The molecule has 0 aliphatic heterocycles. The molecule has 3 aromatic rings. The van der Waals surface area contributed by atoms with Gasteiger partial charge in [-0.1, -0.05) is 42.5 Å². The Bertz CT molecular complexity index is 1010. The summed E-state index contributed by atoms with van der Waals surface area (Å²) in [6, 6.07) is 15.2. The van der Waals surface area contributed by atoms with Crippen molar-refractivity contribution in [2.45, 2.75) is 18.9 Å². The highest BCUT2D eigenvalue weighted by molar-refractivity contribution is 6.04. The number of benzene rings is 2. The van der Waals surface area contributed by atoms with E-state index in [9.17, 15) is 9.59 Å². The molecule has 0 fully saturated rings. The molecule has 1 aliphatic rings. The molecule has 0 bridgehead atoms. The summed E-state index contributed by atoms with van der Waals surface area (Å²) in [6.45, 7) is 0. The lowest BCUT2D eigenvalue weighted by Gasteiger charge is -2.15. The van der Waals surface area contributed by atoms with E-state index in [0.29, 0.717) is 10.8 Å². The van der Waals surface area contributed by atoms with Gasteiger partial charge in [-0.05, 0) is 30.0 Å². The van der Waals surface area contributed by atoms with Gasteiger partial charge in [-0.2, -0.15) is 5.10 Å². The highest BCUT2D eigenvalue weighted by Crippen LogP contribution is 2.31. The Morgan fingerprint density at radius 1 is 1.12 bits per heavy atom. The van der Waals surface area contributed by atoms with Gasteiger partial charge in [0.15, 0.2) is 5.69 Å². The van der Waals surface area contributed by atoms with Crippen molar-refractivity contribution >= 4 is 16.7 Å². The van der Waals surface area contributed by atoms with Gasteiger partial charge in [-0.15, -0.1) is 0 Å². The fourth-order valence-corrected chi connectivity index (χ4v) is 3.40. The summed E-state index contributed by atoms with van der Waals surface area (Å²) in [5.74, 6) is -0.247. The van der Waals surface area contributed by atoms with Crippen molar-refractivity contribution in [3.05, 3.63) is 75.7 Å². The van der Waals surface area contributed by atoms with Gasteiger partial charge in [0.2, 0.25) is 0 Å². The smallest absolute Gasteiger partial charge is 0.274 e. The van der Waals surface area contributed by atoms with Crippen LogP contribution in [0, 0.1) is 0 Å². The maximum atomic E-state index is 12.8. The lowest BCUT2D eigenvalue weighted by Crippen LogP contribution is -2.31. The first-order chi connectivity index (χ1) is 11.6. The van der Waals surface area contributed by atoms with E-state index in [1.165, 1.54) is 15.8 Å². The molecule has 1 aromatic heterocycles. The van der Waals surface area contributed by atoms with Crippen LogP contribution in [0.5, 0.6) is 0 Å². The van der Waals surface area contributed by atoms with Gasteiger partial charge in [0.1, 0.15) is 0 Å². The number of carbonyl (C=O) groups excluding carboxylic acids is 1. The van der Waals surface area contributed by atoms with Crippen molar-refractivity contribution in [1.82, 2.24) is 15.1 Å². The van der Waals surface area contributed by atoms with E-state index in [0.717, 1.165) is 12.8 Å². The van der Waals surface area contributed by atoms with E-state index >= 15 is 0 Å². The van der Waals surface area contributed by atoms with Crippen LogP contribution >= 0.6 is 0 Å². The van der Waals surface area contributed by atoms with Gasteiger partial charge in [0.05, 0.1) is 11.4 Å². The summed E-state index contributed by atoms with van der Waals surface area (Å²) in [5, 5.41) is 8.36. The standard InChI is InChI=1S/C19H17N3O2/c1-22-19(24)15-9-5-4-8-14(15)17(21-22)18(23)20-16-11-10-12-6-2-3-7-13(12)16/h2-9,16H,10-11H2,1H3,(H,20,23)/t16-/m1/s1. The third kappa shape index (κ3) is 2.29. The van der Waals surface area contributed by atoms with Crippen LogP contribution in [0.4, 0.5) is 0 Å². The van der Waals surface area contributed by atoms with E-state index in [1.807, 2.05) is 18.2 Å². The minimum absolute atomic E-state index is 0.00787. The number of hydrogen-bond donors (Lipinski definition) is 1. The van der Waals surface area contributed by atoms with Crippen molar-refractivity contribution in [1.29, 1.82) is 0 Å². The molecule has 0 spiro atoms. The van der Waals surface area contributed by atoms with Crippen LogP contribution in [0.1, 0.15) is 34.1 Å². The van der Waals surface area contributed by atoms with Crippen molar-refractivity contribution in [3.63, 3.8) is 0 Å². The molecule has 0 unspecified atom stereocenters. The van der Waals surface area contributed by atoms with Gasteiger partial charge in [0, 0.05) is 12.4 Å². The lowest BCUT2D eigenvalue weighted by molar-refractivity contribution is 0.0931. The number of hydrogen-bond acceptors (Lipinski definition) is 3. The number of aryl methyl sites for hydroxylation is 2. The third-order valence-corrected chi connectivity index (χ3v) is 4.61. The molecule has 1 aliphatic carbocycles. The Balaban J connectivity index is 1.73. The zero-order chi connectivity index (χ0) is 16.7. The first kappa shape index (κ1) is 14.6. The Labute approximate surface area is 138 Å². The minimum Gasteiger partial charge on any atom is -0.344 e. The number of fused-ring (bicyclic) bond motifs is 2. The van der Waals surface area contributed by atoms with Gasteiger partial charge in [0.25, 0.3) is 11.5 Å². The van der Waals surface area contributed by atoms with Gasteiger partial charge < -0.3 is 5.32 Å². The molecule has 1 amide bonds. The van der Waals surface area contributed by atoms with E-state index < -0.39 is 0 Å². The summed E-state index contributed by atoms with van der Waals surface area (Å²) in [5.41, 5.74) is 2.53. The second-order valence-corrected chi connectivity index (χ2v) is 6.09. The molecule has 0 saturated carbocycles. The highest BCUT2D eigenvalue weighted by Gasteiger charge is 2.25. The summed E-state index contributed by atoms with van der Waals surface area (Å²) in [6.07, 6.45) is 1.84. The zero-order valence-corrected chi connectivity index (χ0v) is 13.3. The van der Waals surface area contributed by atoms with Crippen LogP contribution in [0.3, 0.4) is 0 Å². The average Bonchev–Trinajstić information content (AvgIpc) is 3.01. The van der Waals surface area contributed by atoms with Crippen molar-refractivity contribution in [2.75, 3.05) is 0 Å². The average molecular weight is 319 g/mol. The first-order valence-corrected chi connectivity index (χ1v) is 8.00. The molecule has 5 nitrogen and oxygen atoms in total. The van der Waals surface area contributed by atoms with Crippen molar-refractivity contribution < 1.29 is 4.79 Å². The third-order valence-electron chi connectivity index (χ3n) is 4.61. The van der Waals surface area contributed by atoms with Gasteiger partial charge in [-0.25, -0.2) is 4.68 Å². The molecular weight excluding hydrogens is 302 g/mol. The van der Waals surface area contributed by atoms with Crippen LogP contribution in [-0.4, -0.2) is 15.7 Å². The largest absolute Gasteiger partial charge is 0.344 e. The second kappa shape index (κ2) is 5.60. The Kier molecular flexibility index (Phi) is 3.41. The molecule has 1 atom stereocenters. The number of aromatic nitrogens is 2. The van der Waals surface area contributed by atoms with E-state index in [-0.39, 0.29) is 23.2 Å². The number of amides is 1. The van der Waals surface area contributed by atoms with Crippen LogP contribution < -0.4 is 10.9 Å². The lowest BCUT2D eigenvalue weighted by atomic mass is 10.1. The Morgan fingerprint density at radius 2 is 1.83 bits per heavy atom. The number of rotatable bonds is 2. The molecule has 5 heteroatoms. The molecule has 1 N–H and O–H groups in total. The van der Waals surface area contributed by atoms with Gasteiger partial charge >= 0.3 is 0 Å². The van der Waals surface area contributed by atoms with Crippen molar-refractivity contribution in [3.8, 4) is 0 Å². The highest BCUT2D eigenvalue weighted by atomic mass is 16.2. The van der Waals surface area contributed by atoms with Crippen molar-refractivity contribution in [2.24, 2.45) is 7.05 Å². The molecule has 2 aromatic carbocycles. The van der Waals surface area contributed by atoms with Crippen LogP contribution in [-0.2, 0) is 13.5 Å². The SMILES string of the molecule is Cn1nc(C(=O)N[C@@H]2CCc3ccccc32)c2ccccc2c1=O. The van der Waals surface area contributed by atoms with E-state index in [4.69, 9.17) is 0 Å². The van der Waals surface area contributed by atoms with Crippen LogP contribution in [0.15, 0.2) is 53.3 Å². The minimum atomic E-state index is -0.247. The number of nitrogens with zero attached hydrogens (tertiary/aromatic N) is 2. The quantitative estimate of drug-likeness (QED) is 0.788. The predicted molar refractivity (Wildman–Crippen MR) is 92.0 cm³/mol. The predicted octanol–water partition coefficient (Wildman–Crippen LogP) is 2.35. The fourth-order valence-electron chi connectivity index (χ4n) is 3.40. The normalized spacial score (nSPS) is 16.1. The number of carbonyl (C=O) groups is 1. The summed E-state index contributed by atoms with van der Waals surface area (Å²) < 4.78 is 1.22. The van der Waals surface area contributed by atoms with Crippen LogP contribution in [0.2, 0.25) is 0 Å². The Hall–Kier alpha value is -2.95. The van der Waals surface area contributed by atoms with Gasteiger partial charge in [-0.3, -0.25) is 9.59 Å². The fraction of sp³-hybridized carbons (Fsp3) is 0.211. The van der Waals surface area contributed by atoms with E-state index in [2.05, 4.69) is 22.5 Å². The molecule has 0 radical (unpaired) electrons. The summed E-state index contributed by atoms with van der Waals surface area (Å²) in [7, 11) is 1.57. The van der Waals surface area contributed by atoms with E-state index in [1.54, 1.807) is 25.2 Å². The maximum Gasteiger partial charge on any atom is 0.274 e. The molecule has 24 heavy (non-hydrogen) atoms. The summed E-state index contributed by atoms with van der Waals surface area (Å²) >= 11 is 0. The molecule has 0 saturated heterocycles. The number of nitrogens with one attached hydrogen (secondary N) is 1. The summed E-state index contributed by atoms with van der Waals surface area (Å²) in [4.78, 5) is 25.0.